The van der Waals surface area contributed by atoms with Crippen molar-refractivity contribution in [2.45, 2.75) is 39.2 Å². The molecule has 0 aliphatic carbocycles. The Balaban J connectivity index is 1.97. The van der Waals surface area contributed by atoms with Gasteiger partial charge in [0.2, 0.25) is 11.7 Å². The molecule has 6 heteroatoms. The fourth-order valence-electron chi connectivity index (χ4n) is 1.68. The Morgan fingerprint density at radius 3 is 3.00 bits per heavy atom. The molecule has 0 bridgehead atoms. The van der Waals surface area contributed by atoms with E-state index in [9.17, 15) is 0 Å². The average Bonchev–Trinajstić information content (AvgIpc) is 3.04. The van der Waals surface area contributed by atoms with Gasteiger partial charge in [-0.25, -0.2) is 4.98 Å². The molecular formula is C12H18N4OS. The van der Waals surface area contributed by atoms with Crippen LogP contribution in [0.1, 0.15) is 32.6 Å². The van der Waals surface area contributed by atoms with E-state index >= 15 is 0 Å². The molecule has 1 atom stereocenters. The first-order valence-corrected chi connectivity index (χ1v) is 7.22. The van der Waals surface area contributed by atoms with Gasteiger partial charge in [-0.15, -0.1) is 11.3 Å². The lowest BCUT2D eigenvalue weighted by Crippen LogP contribution is -2.31. The predicted octanol–water partition coefficient (Wildman–Crippen LogP) is 2.51. The molecule has 0 radical (unpaired) electrons. The van der Waals surface area contributed by atoms with E-state index < -0.39 is 0 Å². The smallest absolute Gasteiger partial charge is 0.228 e. The van der Waals surface area contributed by atoms with Gasteiger partial charge in [0.1, 0.15) is 5.69 Å². The van der Waals surface area contributed by atoms with Gasteiger partial charge in [-0.05, 0) is 19.4 Å². The molecule has 0 saturated heterocycles. The third-order valence-electron chi connectivity index (χ3n) is 2.73. The van der Waals surface area contributed by atoms with E-state index in [4.69, 9.17) is 4.52 Å². The van der Waals surface area contributed by atoms with Gasteiger partial charge in [0, 0.05) is 17.8 Å². The topological polar surface area (TPSA) is 63.8 Å². The van der Waals surface area contributed by atoms with E-state index in [1.807, 2.05) is 5.38 Å². The highest BCUT2D eigenvalue weighted by Gasteiger charge is 2.14. The Morgan fingerprint density at radius 1 is 1.44 bits per heavy atom. The van der Waals surface area contributed by atoms with E-state index in [-0.39, 0.29) is 0 Å². The Bertz CT molecular complexity index is 454. The molecule has 0 aliphatic rings. The summed E-state index contributed by atoms with van der Waals surface area (Å²) >= 11 is 1.53. The maximum atomic E-state index is 5.26. The quantitative estimate of drug-likeness (QED) is 0.834. The largest absolute Gasteiger partial charge is 0.339 e. The fraction of sp³-hybridized carbons (Fsp3) is 0.583. The maximum Gasteiger partial charge on any atom is 0.228 e. The van der Waals surface area contributed by atoms with Gasteiger partial charge in [0.25, 0.3) is 0 Å². The van der Waals surface area contributed by atoms with Gasteiger partial charge in [0.05, 0.1) is 5.51 Å². The predicted molar refractivity (Wildman–Crippen MR) is 71.5 cm³/mol. The number of nitrogens with zero attached hydrogens (tertiary/aromatic N) is 3. The number of aromatic nitrogens is 3. The van der Waals surface area contributed by atoms with Crippen molar-refractivity contribution < 1.29 is 4.52 Å². The first-order valence-electron chi connectivity index (χ1n) is 6.28. The van der Waals surface area contributed by atoms with Crippen LogP contribution in [0.5, 0.6) is 0 Å². The Hall–Kier alpha value is -1.27. The van der Waals surface area contributed by atoms with E-state index in [0.29, 0.717) is 17.8 Å². The van der Waals surface area contributed by atoms with Crippen LogP contribution in [0.3, 0.4) is 0 Å². The van der Waals surface area contributed by atoms with Crippen molar-refractivity contribution in [2.24, 2.45) is 0 Å². The third-order valence-corrected chi connectivity index (χ3v) is 3.31. The summed E-state index contributed by atoms with van der Waals surface area (Å²) in [5.74, 6) is 1.25. The van der Waals surface area contributed by atoms with Crippen molar-refractivity contribution in [2.75, 3.05) is 6.54 Å². The zero-order valence-corrected chi connectivity index (χ0v) is 11.5. The normalized spacial score (nSPS) is 12.8. The van der Waals surface area contributed by atoms with Crippen molar-refractivity contribution in [1.29, 1.82) is 0 Å². The number of nitrogens with one attached hydrogen (secondary N) is 1. The van der Waals surface area contributed by atoms with Crippen LogP contribution < -0.4 is 5.32 Å². The minimum Gasteiger partial charge on any atom is -0.339 e. The standard InChI is InChI=1S/C12H18N4OS/c1-3-5-13-9(4-2)6-11-15-12(16-17-11)10-7-18-8-14-10/h7-9,13H,3-6H2,1-2H3. The molecule has 1 unspecified atom stereocenters. The number of thiazole rings is 1. The first-order chi connectivity index (χ1) is 8.83. The van der Waals surface area contributed by atoms with Crippen LogP contribution in [-0.4, -0.2) is 27.7 Å². The maximum absolute atomic E-state index is 5.26. The molecule has 98 valence electrons. The second-order valence-electron chi connectivity index (χ2n) is 4.15. The fourth-order valence-corrected chi connectivity index (χ4v) is 2.22. The molecule has 0 amide bonds. The molecule has 2 aromatic rings. The summed E-state index contributed by atoms with van der Waals surface area (Å²) in [6, 6.07) is 0.397. The van der Waals surface area contributed by atoms with Gasteiger partial charge in [0.15, 0.2) is 0 Å². The molecule has 2 rings (SSSR count). The van der Waals surface area contributed by atoms with Crippen LogP contribution in [-0.2, 0) is 6.42 Å². The molecule has 0 aromatic carbocycles. The lowest BCUT2D eigenvalue weighted by molar-refractivity contribution is 0.354. The molecule has 18 heavy (non-hydrogen) atoms. The van der Waals surface area contributed by atoms with E-state index in [0.717, 1.165) is 31.5 Å². The summed E-state index contributed by atoms with van der Waals surface area (Å²) in [5.41, 5.74) is 2.55. The molecule has 5 nitrogen and oxygen atoms in total. The van der Waals surface area contributed by atoms with Gasteiger partial charge >= 0.3 is 0 Å². The highest BCUT2D eigenvalue weighted by molar-refractivity contribution is 7.07. The first kappa shape index (κ1) is 13.2. The van der Waals surface area contributed by atoms with Crippen LogP contribution in [0, 0.1) is 0 Å². The molecule has 0 saturated carbocycles. The van der Waals surface area contributed by atoms with Crippen LogP contribution in [0.2, 0.25) is 0 Å². The summed E-state index contributed by atoms with van der Waals surface area (Å²) in [4.78, 5) is 8.54. The van der Waals surface area contributed by atoms with Crippen LogP contribution in [0.25, 0.3) is 11.5 Å². The molecule has 0 spiro atoms. The minimum absolute atomic E-state index is 0.397. The average molecular weight is 266 g/mol. The highest BCUT2D eigenvalue weighted by atomic mass is 32.1. The zero-order chi connectivity index (χ0) is 12.8. The second kappa shape index (κ2) is 6.61. The third kappa shape index (κ3) is 3.36. The lowest BCUT2D eigenvalue weighted by Gasteiger charge is -2.13. The Labute approximate surface area is 111 Å². The summed E-state index contributed by atoms with van der Waals surface area (Å²) in [5, 5.41) is 9.34. The van der Waals surface area contributed by atoms with Gasteiger partial charge in [-0.3, -0.25) is 0 Å². The molecule has 0 fully saturated rings. The zero-order valence-electron chi connectivity index (χ0n) is 10.7. The monoisotopic (exact) mass is 266 g/mol. The van der Waals surface area contributed by atoms with Crippen molar-refractivity contribution in [3.63, 3.8) is 0 Å². The van der Waals surface area contributed by atoms with Crippen molar-refractivity contribution >= 4 is 11.3 Å². The molecule has 2 aromatic heterocycles. The molecule has 0 aliphatic heterocycles. The highest BCUT2D eigenvalue weighted by Crippen LogP contribution is 2.16. The number of rotatable bonds is 7. The van der Waals surface area contributed by atoms with Gasteiger partial charge in [-0.2, -0.15) is 4.98 Å². The second-order valence-corrected chi connectivity index (χ2v) is 4.87. The summed E-state index contributed by atoms with van der Waals surface area (Å²) < 4.78 is 5.26. The Kier molecular flexibility index (Phi) is 4.83. The lowest BCUT2D eigenvalue weighted by atomic mass is 10.1. The van der Waals surface area contributed by atoms with Crippen molar-refractivity contribution in [1.82, 2.24) is 20.4 Å². The van der Waals surface area contributed by atoms with E-state index in [1.165, 1.54) is 11.3 Å². The summed E-state index contributed by atoms with van der Waals surface area (Å²) in [7, 11) is 0. The number of hydrogen-bond donors (Lipinski definition) is 1. The molecule has 2 heterocycles. The Morgan fingerprint density at radius 2 is 2.33 bits per heavy atom. The SMILES string of the molecule is CCCNC(CC)Cc1nc(-c2cscn2)no1. The number of hydrogen-bond acceptors (Lipinski definition) is 6. The summed E-state index contributed by atoms with van der Waals surface area (Å²) in [6.07, 6.45) is 2.95. The van der Waals surface area contributed by atoms with Crippen molar-refractivity contribution in [3.8, 4) is 11.5 Å². The summed E-state index contributed by atoms with van der Waals surface area (Å²) in [6.45, 7) is 5.34. The van der Waals surface area contributed by atoms with Crippen molar-refractivity contribution in [3.05, 3.63) is 16.8 Å². The van der Waals surface area contributed by atoms with E-state index in [1.54, 1.807) is 5.51 Å². The van der Waals surface area contributed by atoms with Crippen LogP contribution in [0.15, 0.2) is 15.4 Å². The van der Waals surface area contributed by atoms with Crippen LogP contribution in [0.4, 0.5) is 0 Å². The van der Waals surface area contributed by atoms with Gasteiger partial charge < -0.3 is 9.84 Å². The molecular weight excluding hydrogens is 248 g/mol. The molecule has 1 N–H and O–H groups in total. The van der Waals surface area contributed by atoms with E-state index in [2.05, 4.69) is 34.3 Å². The van der Waals surface area contributed by atoms with Crippen LogP contribution >= 0.6 is 11.3 Å². The van der Waals surface area contributed by atoms with Gasteiger partial charge in [-0.1, -0.05) is 19.0 Å². The minimum atomic E-state index is 0.397.